The largest absolute Gasteiger partial charge is 0.314 e. The lowest BCUT2D eigenvalue weighted by atomic mass is 9.98. The molecular formula is C15H21Cl4FN2. The number of nitrogens with zero attached hydrogens (tertiary/aromatic N) is 1. The van der Waals surface area contributed by atoms with Gasteiger partial charge in [0.05, 0.1) is 10.0 Å². The minimum absolute atomic E-state index is 0. The summed E-state index contributed by atoms with van der Waals surface area (Å²) in [5, 5.41) is 4.04. The van der Waals surface area contributed by atoms with E-state index in [-0.39, 0.29) is 36.7 Å². The standard InChI is InChI=1S/C15H19Cl2FN2.2ClH/c1-2-3-4-13(20-9-7-19-8-10-20)14-12(18)6-5-11(16)15(14)17;;/h2,5-6,13,19H,1,3-4,7-10H2;2*1H/t13-;;/m1../s1. The van der Waals surface area contributed by atoms with E-state index in [1.165, 1.54) is 12.1 Å². The first-order valence-corrected chi connectivity index (χ1v) is 7.59. The van der Waals surface area contributed by atoms with Crippen LogP contribution in [-0.2, 0) is 0 Å². The summed E-state index contributed by atoms with van der Waals surface area (Å²) in [7, 11) is 0. The third kappa shape index (κ3) is 5.26. The van der Waals surface area contributed by atoms with Crippen LogP contribution in [0.15, 0.2) is 24.8 Å². The van der Waals surface area contributed by atoms with Crippen molar-refractivity contribution in [2.24, 2.45) is 0 Å². The fraction of sp³-hybridized carbons (Fsp3) is 0.467. The molecule has 1 aliphatic rings. The Kier molecular flexibility index (Phi) is 10.7. The molecule has 2 nitrogen and oxygen atoms in total. The molecule has 0 amide bonds. The van der Waals surface area contributed by atoms with Crippen LogP contribution in [-0.4, -0.2) is 31.1 Å². The highest BCUT2D eigenvalue weighted by atomic mass is 35.5. The summed E-state index contributed by atoms with van der Waals surface area (Å²) in [5.41, 5.74) is 0.517. The summed E-state index contributed by atoms with van der Waals surface area (Å²) < 4.78 is 14.3. The van der Waals surface area contributed by atoms with E-state index in [1.807, 2.05) is 6.08 Å². The van der Waals surface area contributed by atoms with Gasteiger partial charge in [0, 0.05) is 37.8 Å². The van der Waals surface area contributed by atoms with Crippen LogP contribution >= 0.6 is 48.0 Å². The van der Waals surface area contributed by atoms with Crippen LogP contribution in [0.2, 0.25) is 10.0 Å². The molecule has 126 valence electrons. The Bertz CT molecular complexity index is 479. The van der Waals surface area contributed by atoms with Gasteiger partial charge in [0.25, 0.3) is 0 Å². The Morgan fingerprint density at radius 3 is 2.50 bits per heavy atom. The van der Waals surface area contributed by atoms with Crippen molar-refractivity contribution in [3.05, 3.63) is 46.2 Å². The molecule has 0 bridgehead atoms. The fourth-order valence-corrected chi connectivity index (χ4v) is 3.07. The third-order valence-electron chi connectivity index (χ3n) is 3.65. The molecule has 0 unspecified atom stereocenters. The van der Waals surface area contributed by atoms with E-state index in [9.17, 15) is 4.39 Å². The van der Waals surface area contributed by atoms with Crippen molar-refractivity contribution in [3.63, 3.8) is 0 Å². The van der Waals surface area contributed by atoms with Crippen molar-refractivity contribution in [1.29, 1.82) is 0 Å². The van der Waals surface area contributed by atoms with Crippen LogP contribution in [0, 0.1) is 5.82 Å². The first kappa shape index (κ1) is 22.0. The average molecular weight is 390 g/mol. The van der Waals surface area contributed by atoms with E-state index in [4.69, 9.17) is 23.2 Å². The van der Waals surface area contributed by atoms with Gasteiger partial charge in [0.1, 0.15) is 5.82 Å². The molecule has 1 saturated heterocycles. The maximum absolute atomic E-state index is 14.3. The lowest BCUT2D eigenvalue weighted by Gasteiger charge is -2.35. The first-order valence-electron chi connectivity index (χ1n) is 6.84. The molecule has 0 aliphatic carbocycles. The Labute approximate surface area is 153 Å². The molecule has 0 radical (unpaired) electrons. The maximum Gasteiger partial charge on any atom is 0.129 e. The number of halogens is 5. The summed E-state index contributed by atoms with van der Waals surface area (Å²) in [6.45, 7) is 7.32. The van der Waals surface area contributed by atoms with Crippen molar-refractivity contribution < 1.29 is 4.39 Å². The number of allylic oxidation sites excluding steroid dienone is 1. The fourth-order valence-electron chi connectivity index (χ4n) is 2.63. The zero-order chi connectivity index (χ0) is 14.5. The zero-order valence-corrected chi connectivity index (χ0v) is 15.3. The van der Waals surface area contributed by atoms with E-state index >= 15 is 0 Å². The monoisotopic (exact) mass is 388 g/mol. The van der Waals surface area contributed by atoms with Crippen molar-refractivity contribution >= 4 is 48.0 Å². The number of rotatable bonds is 5. The normalized spacial score (nSPS) is 16.3. The second kappa shape index (κ2) is 10.7. The molecule has 1 aromatic rings. The number of piperazine rings is 1. The molecule has 22 heavy (non-hydrogen) atoms. The molecule has 1 aromatic carbocycles. The van der Waals surface area contributed by atoms with Crippen LogP contribution in [0.1, 0.15) is 24.4 Å². The number of hydrogen-bond donors (Lipinski definition) is 1. The van der Waals surface area contributed by atoms with E-state index in [1.54, 1.807) is 0 Å². The summed E-state index contributed by atoms with van der Waals surface area (Å²) >= 11 is 12.3. The molecule has 0 aromatic heterocycles. The molecule has 2 rings (SSSR count). The Morgan fingerprint density at radius 2 is 1.91 bits per heavy atom. The van der Waals surface area contributed by atoms with Gasteiger partial charge in [0.2, 0.25) is 0 Å². The lowest BCUT2D eigenvalue weighted by molar-refractivity contribution is 0.163. The summed E-state index contributed by atoms with van der Waals surface area (Å²) in [6.07, 6.45) is 3.46. The Balaban J connectivity index is 0.00000220. The van der Waals surface area contributed by atoms with Gasteiger partial charge in [-0.25, -0.2) is 4.39 Å². The Morgan fingerprint density at radius 1 is 1.27 bits per heavy atom. The molecule has 1 heterocycles. The quantitative estimate of drug-likeness (QED) is 0.569. The highest BCUT2D eigenvalue weighted by Gasteiger charge is 2.27. The molecule has 1 fully saturated rings. The van der Waals surface area contributed by atoms with E-state index < -0.39 is 0 Å². The number of benzene rings is 1. The van der Waals surface area contributed by atoms with Gasteiger partial charge in [-0.2, -0.15) is 0 Å². The van der Waals surface area contributed by atoms with E-state index in [0.29, 0.717) is 15.6 Å². The van der Waals surface area contributed by atoms with Crippen molar-refractivity contribution in [1.82, 2.24) is 10.2 Å². The van der Waals surface area contributed by atoms with Crippen LogP contribution in [0.25, 0.3) is 0 Å². The number of hydrogen-bond acceptors (Lipinski definition) is 2. The molecule has 1 atom stereocenters. The smallest absolute Gasteiger partial charge is 0.129 e. The molecule has 1 aliphatic heterocycles. The van der Waals surface area contributed by atoms with Gasteiger partial charge in [-0.15, -0.1) is 31.4 Å². The zero-order valence-electron chi connectivity index (χ0n) is 12.2. The maximum atomic E-state index is 14.3. The highest BCUT2D eigenvalue weighted by molar-refractivity contribution is 6.42. The molecule has 0 saturated carbocycles. The van der Waals surface area contributed by atoms with Crippen LogP contribution in [0.3, 0.4) is 0 Å². The van der Waals surface area contributed by atoms with Crippen LogP contribution in [0.5, 0.6) is 0 Å². The second-order valence-corrected chi connectivity index (χ2v) is 5.71. The van der Waals surface area contributed by atoms with Gasteiger partial charge in [0.15, 0.2) is 0 Å². The van der Waals surface area contributed by atoms with Gasteiger partial charge < -0.3 is 5.32 Å². The predicted molar refractivity (Wildman–Crippen MR) is 97.5 cm³/mol. The summed E-state index contributed by atoms with van der Waals surface area (Å²) in [4.78, 5) is 2.26. The lowest BCUT2D eigenvalue weighted by Crippen LogP contribution is -2.45. The van der Waals surface area contributed by atoms with Crippen LogP contribution in [0.4, 0.5) is 4.39 Å². The predicted octanol–water partition coefficient (Wildman–Crippen LogP) is 4.89. The Hall–Kier alpha value is -0.0300. The van der Waals surface area contributed by atoms with Crippen molar-refractivity contribution in [3.8, 4) is 0 Å². The molecule has 0 spiro atoms. The molecule has 1 N–H and O–H groups in total. The average Bonchev–Trinajstić information content (AvgIpc) is 2.47. The SMILES string of the molecule is C=CCC[C@H](c1c(F)ccc(Cl)c1Cl)N1CCNCC1.Cl.Cl. The highest BCUT2D eigenvalue weighted by Crippen LogP contribution is 2.37. The van der Waals surface area contributed by atoms with Crippen molar-refractivity contribution in [2.45, 2.75) is 18.9 Å². The van der Waals surface area contributed by atoms with Gasteiger partial charge in [-0.3, -0.25) is 4.90 Å². The minimum Gasteiger partial charge on any atom is -0.314 e. The number of nitrogens with one attached hydrogen (secondary N) is 1. The first-order chi connectivity index (χ1) is 9.65. The molecule has 7 heteroatoms. The van der Waals surface area contributed by atoms with E-state index in [2.05, 4.69) is 16.8 Å². The third-order valence-corrected chi connectivity index (χ3v) is 4.47. The van der Waals surface area contributed by atoms with Gasteiger partial charge in [-0.05, 0) is 25.0 Å². The van der Waals surface area contributed by atoms with Crippen LogP contribution < -0.4 is 5.32 Å². The van der Waals surface area contributed by atoms with Gasteiger partial charge >= 0.3 is 0 Å². The molecular weight excluding hydrogens is 369 g/mol. The topological polar surface area (TPSA) is 15.3 Å². The summed E-state index contributed by atoms with van der Waals surface area (Å²) in [5.74, 6) is -0.285. The minimum atomic E-state index is -0.285. The van der Waals surface area contributed by atoms with Gasteiger partial charge in [-0.1, -0.05) is 29.3 Å². The summed E-state index contributed by atoms with van der Waals surface area (Å²) in [6, 6.07) is 2.85. The second-order valence-electron chi connectivity index (χ2n) is 4.92. The van der Waals surface area contributed by atoms with Crippen molar-refractivity contribution in [2.75, 3.05) is 26.2 Å². The van der Waals surface area contributed by atoms with E-state index in [0.717, 1.165) is 39.0 Å².